The molecule has 110 valence electrons. The number of methoxy groups -OCH3 is 1. The Morgan fingerprint density at radius 3 is 2.71 bits per heavy atom. The van der Waals surface area contributed by atoms with E-state index in [4.69, 9.17) is 4.74 Å². The van der Waals surface area contributed by atoms with Gasteiger partial charge in [-0.1, -0.05) is 6.07 Å². The van der Waals surface area contributed by atoms with Crippen molar-refractivity contribution in [3.05, 3.63) is 53.3 Å². The summed E-state index contributed by atoms with van der Waals surface area (Å²) in [7, 11) is 1.33. The fraction of sp³-hybridized carbons (Fsp3) is 0.250. The molecular weight excluding hydrogens is 268 g/mol. The van der Waals surface area contributed by atoms with E-state index in [2.05, 4.69) is 15.0 Å². The zero-order valence-electron chi connectivity index (χ0n) is 12.3. The fourth-order valence-corrected chi connectivity index (χ4v) is 1.85. The van der Waals surface area contributed by atoms with Gasteiger partial charge in [-0.3, -0.25) is 10.3 Å². The maximum Gasteiger partial charge on any atom is 0.411 e. The minimum atomic E-state index is -0.490. The van der Waals surface area contributed by atoms with Gasteiger partial charge in [0.1, 0.15) is 12.4 Å². The molecule has 0 aliphatic carbocycles. The van der Waals surface area contributed by atoms with Gasteiger partial charge < -0.3 is 9.47 Å². The first-order valence-electron chi connectivity index (χ1n) is 6.59. The van der Waals surface area contributed by atoms with Crippen LogP contribution in [0.1, 0.15) is 16.8 Å². The summed E-state index contributed by atoms with van der Waals surface area (Å²) in [6.45, 7) is 4.31. The molecule has 0 aliphatic rings. The predicted molar refractivity (Wildman–Crippen MR) is 80.5 cm³/mol. The second kappa shape index (κ2) is 6.74. The molecule has 0 bridgehead atoms. The highest BCUT2D eigenvalue weighted by Gasteiger charge is 2.06. The number of anilines is 1. The average Bonchev–Trinajstić information content (AvgIpc) is 2.48. The van der Waals surface area contributed by atoms with Crippen LogP contribution in [0.25, 0.3) is 0 Å². The van der Waals surface area contributed by atoms with E-state index in [1.165, 1.54) is 7.11 Å². The monoisotopic (exact) mass is 286 g/mol. The molecule has 1 heterocycles. The predicted octanol–water partition coefficient (Wildman–Crippen LogP) is 3.46. The maximum atomic E-state index is 11.2. The van der Waals surface area contributed by atoms with Crippen LogP contribution in [0.2, 0.25) is 0 Å². The highest BCUT2D eigenvalue weighted by atomic mass is 16.5. The first kappa shape index (κ1) is 14.8. The number of carbonyl (C=O) groups excluding carboxylic acids is 1. The van der Waals surface area contributed by atoms with Crippen molar-refractivity contribution >= 4 is 11.8 Å². The first-order chi connectivity index (χ1) is 10.1. The van der Waals surface area contributed by atoms with Crippen LogP contribution in [0, 0.1) is 13.8 Å². The summed E-state index contributed by atoms with van der Waals surface area (Å²) in [5.41, 5.74) is 3.60. The zero-order chi connectivity index (χ0) is 15.2. The van der Waals surface area contributed by atoms with E-state index >= 15 is 0 Å². The molecule has 2 rings (SSSR count). The van der Waals surface area contributed by atoms with Crippen molar-refractivity contribution in [1.82, 2.24) is 4.98 Å². The smallest absolute Gasteiger partial charge is 0.411 e. The Morgan fingerprint density at radius 2 is 2.05 bits per heavy atom. The minimum absolute atomic E-state index is 0.413. The number of hydrogen-bond acceptors (Lipinski definition) is 4. The lowest BCUT2D eigenvalue weighted by molar-refractivity contribution is 0.187. The van der Waals surface area contributed by atoms with Gasteiger partial charge in [0.25, 0.3) is 0 Å². The Kier molecular flexibility index (Phi) is 4.77. The second-order valence-corrected chi connectivity index (χ2v) is 4.65. The van der Waals surface area contributed by atoms with Crippen molar-refractivity contribution in [2.24, 2.45) is 0 Å². The van der Waals surface area contributed by atoms with E-state index in [1.54, 1.807) is 18.3 Å². The molecule has 0 fully saturated rings. The van der Waals surface area contributed by atoms with Gasteiger partial charge in [0, 0.05) is 11.9 Å². The number of pyridine rings is 1. The molecule has 1 aromatic carbocycles. The Labute approximate surface area is 123 Å². The number of aromatic nitrogens is 1. The van der Waals surface area contributed by atoms with Gasteiger partial charge in [-0.2, -0.15) is 0 Å². The van der Waals surface area contributed by atoms with Crippen LogP contribution in [0.3, 0.4) is 0 Å². The highest BCUT2D eigenvalue weighted by molar-refractivity contribution is 5.85. The molecule has 0 saturated carbocycles. The van der Waals surface area contributed by atoms with Crippen LogP contribution >= 0.6 is 0 Å². The van der Waals surface area contributed by atoms with Crippen molar-refractivity contribution in [3.8, 4) is 5.75 Å². The molecule has 1 amide bonds. The maximum absolute atomic E-state index is 11.2. The molecule has 0 aliphatic heterocycles. The number of carbonyl (C=O) groups is 1. The summed E-state index contributed by atoms with van der Waals surface area (Å²) >= 11 is 0. The third-order valence-corrected chi connectivity index (χ3v) is 3.11. The van der Waals surface area contributed by atoms with E-state index in [9.17, 15) is 4.79 Å². The molecule has 5 nitrogen and oxygen atoms in total. The first-order valence-corrected chi connectivity index (χ1v) is 6.59. The summed E-state index contributed by atoms with van der Waals surface area (Å²) in [6.07, 6.45) is 1.26. The quantitative estimate of drug-likeness (QED) is 0.935. The molecule has 21 heavy (non-hydrogen) atoms. The number of hydrogen-bond donors (Lipinski definition) is 1. The van der Waals surface area contributed by atoms with Gasteiger partial charge in [-0.15, -0.1) is 0 Å². The van der Waals surface area contributed by atoms with Crippen molar-refractivity contribution in [2.75, 3.05) is 12.4 Å². The van der Waals surface area contributed by atoms with E-state index in [0.717, 1.165) is 22.6 Å². The van der Waals surface area contributed by atoms with Crippen molar-refractivity contribution in [2.45, 2.75) is 20.5 Å². The highest BCUT2D eigenvalue weighted by Crippen LogP contribution is 2.22. The Hall–Kier alpha value is -2.56. The number of rotatable bonds is 4. The topological polar surface area (TPSA) is 60.5 Å². The van der Waals surface area contributed by atoms with Crippen molar-refractivity contribution in [3.63, 3.8) is 0 Å². The standard InChI is InChI=1S/C16H18N2O3/c1-11-5-4-8-17-15(11)10-21-13-6-7-14(12(2)9-13)18-16(19)20-3/h4-9H,10H2,1-3H3,(H,18,19). The Bertz CT molecular complexity index is 641. The summed E-state index contributed by atoms with van der Waals surface area (Å²) < 4.78 is 10.3. The van der Waals surface area contributed by atoms with Crippen LogP contribution < -0.4 is 10.1 Å². The van der Waals surface area contributed by atoms with Gasteiger partial charge in [-0.25, -0.2) is 4.79 Å². The number of benzene rings is 1. The molecule has 2 aromatic rings. The van der Waals surface area contributed by atoms with Crippen LogP contribution in [0.15, 0.2) is 36.5 Å². The fourth-order valence-electron chi connectivity index (χ4n) is 1.85. The summed E-state index contributed by atoms with van der Waals surface area (Å²) in [4.78, 5) is 15.5. The average molecular weight is 286 g/mol. The van der Waals surface area contributed by atoms with E-state index in [1.807, 2.05) is 32.0 Å². The Morgan fingerprint density at radius 1 is 1.24 bits per heavy atom. The van der Waals surface area contributed by atoms with Gasteiger partial charge in [-0.05, 0) is 49.2 Å². The number of ether oxygens (including phenoxy) is 2. The molecule has 5 heteroatoms. The summed E-state index contributed by atoms with van der Waals surface area (Å²) in [5, 5.41) is 2.64. The van der Waals surface area contributed by atoms with Crippen LogP contribution in [-0.2, 0) is 11.3 Å². The van der Waals surface area contributed by atoms with E-state index in [0.29, 0.717) is 12.3 Å². The molecule has 1 N–H and O–H groups in total. The molecule has 1 aromatic heterocycles. The van der Waals surface area contributed by atoms with Gasteiger partial charge >= 0.3 is 6.09 Å². The lowest BCUT2D eigenvalue weighted by Gasteiger charge is -2.11. The number of nitrogens with one attached hydrogen (secondary N) is 1. The van der Waals surface area contributed by atoms with Crippen LogP contribution in [-0.4, -0.2) is 18.2 Å². The van der Waals surface area contributed by atoms with E-state index in [-0.39, 0.29) is 0 Å². The van der Waals surface area contributed by atoms with Gasteiger partial charge in [0.05, 0.1) is 12.8 Å². The van der Waals surface area contributed by atoms with Crippen LogP contribution in [0.4, 0.5) is 10.5 Å². The molecule has 0 unspecified atom stereocenters. The number of amides is 1. The molecule has 0 atom stereocenters. The zero-order valence-corrected chi connectivity index (χ0v) is 12.3. The van der Waals surface area contributed by atoms with Crippen molar-refractivity contribution < 1.29 is 14.3 Å². The van der Waals surface area contributed by atoms with Gasteiger partial charge in [0.15, 0.2) is 0 Å². The molecule has 0 saturated heterocycles. The summed E-state index contributed by atoms with van der Waals surface area (Å²) in [5.74, 6) is 0.730. The third-order valence-electron chi connectivity index (χ3n) is 3.11. The SMILES string of the molecule is COC(=O)Nc1ccc(OCc2ncccc2C)cc1C. The molecule has 0 radical (unpaired) electrons. The lowest BCUT2D eigenvalue weighted by atomic mass is 10.2. The lowest BCUT2D eigenvalue weighted by Crippen LogP contribution is -2.11. The van der Waals surface area contributed by atoms with Crippen LogP contribution in [0.5, 0.6) is 5.75 Å². The Balaban J connectivity index is 2.03. The van der Waals surface area contributed by atoms with Crippen molar-refractivity contribution in [1.29, 1.82) is 0 Å². The summed E-state index contributed by atoms with van der Waals surface area (Å²) in [6, 6.07) is 9.35. The third kappa shape index (κ3) is 3.95. The second-order valence-electron chi connectivity index (χ2n) is 4.65. The normalized spacial score (nSPS) is 10.0. The number of nitrogens with zero attached hydrogens (tertiary/aromatic N) is 1. The van der Waals surface area contributed by atoms with Gasteiger partial charge in [0.2, 0.25) is 0 Å². The van der Waals surface area contributed by atoms with E-state index < -0.39 is 6.09 Å². The number of aryl methyl sites for hydroxylation is 2. The molecular formula is C16H18N2O3. The largest absolute Gasteiger partial charge is 0.487 e. The molecule has 0 spiro atoms. The minimum Gasteiger partial charge on any atom is -0.487 e.